The number of hydrogen-bond acceptors (Lipinski definition) is 20. The van der Waals surface area contributed by atoms with Crippen molar-refractivity contribution >= 4 is 47.1 Å². The largest absolute Gasteiger partial charge is 0.492 e. The molecule has 0 aromatic heterocycles. The van der Waals surface area contributed by atoms with Crippen molar-refractivity contribution in [1.29, 1.82) is 42.1 Å². The van der Waals surface area contributed by atoms with Gasteiger partial charge >= 0.3 is 0 Å². The molecule has 12 rings (SSSR count). The summed E-state index contributed by atoms with van der Waals surface area (Å²) >= 11 is 0. The number of likely N-dealkylation sites (N-methyl/N-ethyl adjacent to an activating group) is 3. The van der Waals surface area contributed by atoms with Crippen LogP contribution in [0, 0.1) is 114 Å². The molecule has 0 saturated carbocycles. The molecule has 0 heterocycles. The molecule has 20 nitrogen and oxygen atoms in total. The number of nitriles is 8. The Morgan fingerprint density at radius 3 is 0.948 bits per heavy atom. The molecule has 0 spiro atoms. The van der Waals surface area contributed by atoms with E-state index in [4.69, 9.17) is 38.2 Å². The molecular weight excluding hydrogens is 1670 g/mol. The number of anilines is 4. The fourth-order valence-electron chi connectivity index (χ4n) is 16.5. The van der Waals surface area contributed by atoms with Crippen LogP contribution in [-0.4, -0.2) is 74.4 Å². The first kappa shape index (κ1) is 97.1. The van der Waals surface area contributed by atoms with Crippen LogP contribution in [0.15, 0.2) is 304 Å². The summed E-state index contributed by atoms with van der Waals surface area (Å²) in [6.45, 7) is 22.1. The highest BCUT2D eigenvalue weighted by Crippen LogP contribution is 2.44. The molecule has 0 radical (unpaired) electrons. The van der Waals surface area contributed by atoms with Crippen molar-refractivity contribution < 1.29 is 38.2 Å². The van der Waals surface area contributed by atoms with Crippen LogP contribution in [0.5, 0.6) is 40.2 Å². The smallest absolute Gasteiger partial charge is 0.165 e. The van der Waals surface area contributed by atoms with Gasteiger partial charge in [-0.3, -0.25) is 0 Å². The number of ether oxygens (including phenoxy) is 6. The molecule has 134 heavy (non-hydrogen) atoms. The van der Waals surface area contributed by atoms with Gasteiger partial charge < -0.3 is 52.9 Å². The Bertz CT molecular complexity index is 6180. The van der Waals surface area contributed by atoms with Gasteiger partial charge in [0.2, 0.25) is 0 Å². The maximum atomic E-state index is 9.68. The lowest BCUT2D eigenvalue weighted by Gasteiger charge is -2.30. The minimum absolute atomic E-state index is 0.0334. The minimum Gasteiger partial charge on any atom is -0.492 e. The van der Waals surface area contributed by atoms with Gasteiger partial charge in [-0.05, 0) is 255 Å². The van der Waals surface area contributed by atoms with Crippen molar-refractivity contribution in [1.82, 2.24) is 0 Å². The van der Waals surface area contributed by atoms with Crippen LogP contribution >= 0.6 is 0 Å². The van der Waals surface area contributed by atoms with Gasteiger partial charge in [0.25, 0.3) is 0 Å². The highest BCUT2D eigenvalue weighted by Gasteiger charge is 2.30. The molecule has 0 aliphatic heterocycles. The van der Waals surface area contributed by atoms with E-state index in [1.807, 2.05) is 204 Å². The number of benzene rings is 8. The summed E-state index contributed by atoms with van der Waals surface area (Å²) in [5.41, 5.74) is 19.6. The van der Waals surface area contributed by atoms with E-state index in [1.165, 1.54) is 0 Å². The maximum Gasteiger partial charge on any atom is 0.165 e. The molecule has 20 heteroatoms. The second-order valence-corrected chi connectivity index (χ2v) is 36.7. The summed E-state index contributed by atoms with van der Waals surface area (Å²) in [4.78, 5) is 20.1. The Labute approximate surface area is 789 Å². The SMILES string of the molecule is C=C1CC(/C=C/c2ccc(N(C)CCOc3cc(COc4cc(COOc5ccc(C)cc5)cc(OCc5cc(OCCN(C)c6ccc(/C=C/C7=CC(=C(C#N)C#N)CC(C)(C)C7)cc6)cc(OCCN(C)c6ccc(/C=C/C7=CC(=C(C#N)C#N)CC(C)(C)C7)cc6)c5)c4)cc(OCN(C)c4ccc(/C=C/C5=CC(=C(C#N)C#N)CC(C)(C)C5)cc4)c3)cc2)=CC(=C(C#N)C#N)C1. The summed E-state index contributed by atoms with van der Waals surface area (Å²) in [6.07, 6.45) is 29.9. The van der Waals surface area contributed by atoms with E-state index in [9.17, 15) is 42.1 Å². The zero-order valence-corrected chi connectivity index (χ0v) is 78.2. The third-order valence-corrected chi connectivity index (χ3v) is 23.4. The monoisotopic (exact) mass is 1780 g/mol. The molecule has 4 aliphatic rings. The van der Waals surface area contributed by atoms with Crippen LogP contribution in [0.1, 0.15) is 137 Å². The van der Waals surface area contributed by atoms with Crippen LogP contribution in [0.4, 0.5) is 22.7 Å². The van der Waals surface area contributed by atoms with Gasteiger partial charge in [-0.1, -0.05) is 193 Å². The van der Waals surface area contributed by atoms with Crippen molar-refractivity contribution in [3.63, 3.8) is 0 Å². The van der Waals surface area contributed by atoms with Crippen molar-refractivity contribution in [2.45, 2.75) is 120 Å². The van der Waals surface area contributed by atoms with Crippen molar-refractivity contribution in [3.8, 4) is 88.8 Å². The van der Waals surface area contributed by atoms with E-state index < -0.39 is 0 Å². The van der Waals surface area contributed by atoms with Crippen molar-refractivity contribution in [3.05, 3.63) is 348 Å². The van der Waals surface area contributed by atoms with Crippen LogP contribution < -0.4 is 52.9 Å². The number of rotatable bonds is 37. The Morgan fingerprint density at radius 2 is 0.612 bits per heavy atom. The molecule has 0 bridgehead atoms. The van der Waals surface area contributed by atoms with E-state index in [-0.39, 0.29) is 65.1 Å². The van der Waals surface area contributed by atoms with Gasteiger partial charge in [-0.15, -0.1) is 0 Å². The lowest BCUT2D eigenvalue weighted by molar-refractivity contribution is -0.217. The second kappa shape index (κ2) is 46.0. The lowest BCUT2D eigenvalue weighted by atomic mass is 9.74. The van der Waals surface area contributed by atoms with E-state index in [2.05, 4.69) is 196 Å². The fraction of sp³-hybridized carbons (Fsp3) is 0.281. The van der Waals surface area contributed by atoms with E-state index >= 15 is 0 Å². The lowest BCUT2D eigenvalue weighted by Crippen LogP contribution is -2.24. The number of nitrogens with zero attached hydrogens (tertiary/aromatic N) is 12. The standard InChI is InChI=1S/C114H112N12O8/c1-80-13-39-105(40-14-80)134-133-78-92-57-109(130-76-90-53-106(127-44-41-123(9)102-33-25-83(26-34-102)16-20-87-50-94(98(70-117)71-118)65-112(3,4)62-87)59-107(54-90)128-45-42-124(10)103-35-27-84(28-36-103)17-21-88-51-95(99(72-119)73-120)66-113(5,6)63-88)61-110(58-92)131-77-91-55-108(129-46-43-125(11)101-31-23-82(24-32-101)15-19-86-47-81(2)48-93(49-86)97(68-115)69-116)60-111(56-91)132-79-126(12)104-37-29-85(30-38-104)18-22-89-52-96(100(74-121)75-122)67-114(7,8)64-89/h13-40,49-61H,2,41-48,62-67,76-79H2,1,3-12H3/b19-15+,20-16+,21-17+,22-18+. The zero-order chi connectivity index (χ0) is 95.3. The Hall–Kier alpha value is -15.9. The Morgan fingerprint density at radius 1 is 0.321 bits per heavy atom. The predicted octanol–water partition coefficient (Wildman–Crippen LogP) is 24.6. The summed E-state index contributed by atoms with van der Waals surface area (Å²) < 4.78 is 40.1. The summed E-state index contributed by atoms with van der Waals surface area (Å²) in [7, 11) is 8.04. The molecule has 0 N–H and O–H groups in total. The van der Waals surface area contributed by atoms with Crippen LogP contribution in [0.2, 0.25) is 0 Å². The molecule has 4 aliphatic carbocycles. The van der Waals surface area contributed by atoms with Crippen molar-refractivity contribution in [2.24, 2.45) is 16.2 Å². The number of allylic oxidation sites excluding steroid dienone is 21. The van der Waals surface area contributed by atoms with Gasteiger partial charge in [0.1, 0.15) is 145 Å². The zero-order valence-electron chi connectivity index (χ0n) is 78.2. The van der Waals surface area contributed by atoms with Gasteiger partial charge in [0.15, 0.2) is 12.5 Å². The van der Waals surface area contributed by atoms with Crippen LogP contribution in [0.25, 0.3) is 24.3 Å². The number of hydrogen-bond donors (Lipinski definition) is 0. The van der Waals surface area contributed by atoms with E-state index in [0.29, 0.717) is 123 Å². The van der Waals surface area contributed by atoms with Gasteiger partial charge in [-0.25, -0.2) is 0 Å². The van der Waals surface area contributed by atoms with Gasteiger partial charge in [0, 0.05) is 69.1 Å². The first-order valence-electron chi connectivity index (χ1n) is 44.7. The molecular formula is C114H112N12O8. The summed E-state index contributed by atoms with van der Waals surface area (Å²) in [6, 6.07) is 74.3. The van der Waals surface area contributed by atoms with Crippen molar-refractivity contribution in [2.75, 3.05) is 94.0 Å². The van der Waals surface area contributed by atoms with Gasteiger partial charge in [0.05, 0.1) is 19.6 Å². The summed E-state index contributed by atoms with van der Waals surface area (Å²) in [5.74, 6) is 3.82. The van der Waals surface area contributed by atoms with Crippen LogP contribution in [-0.2, 0) is 24.7 Å². The average molecular weight is 1780 g/mol. The minimum atomic E-state index is -0.106. The molecule has 0 amide bonds. The molecule has 0 unspecified atom stereocenters. The first-order chi connectivity index (χ1) is 64.5. The van der Waals surface area contributed by atoms with E-state index in [0.717, 1.165) is 126 Å². The fourth-order valence-corrected chi connectivity index (χ4v) is 16.5. The topological polar surface area (TPSA) is 277 Å². The summed E-state index contributed by atoms with van der Waals surface area (Å²) in [5, 5.41) is 77.1. The molecule has 8 aromatic rings. The third kappa shape index (κ3) is 28.8. The number of aryl methyl sites for hydroxylation is 1. The highest BCUT2D eigenvalue weighted by molar-refractivity contribution is 5.65. The normalized spacial score (nSPS) is 14.8. The molecule has 0 atom stereocenters. The van der Waals surface area contributed by atoms with Crippen LogP contribution in [0.3, 0.4) is 0 Å². The van der Waals surface area contributed by atoms with Gasteiger partial charge in [-0.2, -0.15) is 47.0 Å². The second-order valence-electron chi connectivity index (χ2n) is 36.7. The maximum absolute atomic E-state index is 9.68. The third-order valence-electron chi connectivity index (χ3n) is 23.4. The predicted molar refractivity (Wildman–Crippen MR) is 529 cm³/mol. The quantitative estimate of drug-likeness (QED) is 0.0115. The molecule has 0 fully saturated rings. The highest BCUT2D eigenvalue weighted by atomic mass is 17.2. The first-order valence-corrected chi connectivity index (χ1v) is 44.7. The van der Waals surface area contributed by atoms with E-state index in [1.54, 1.807) is 0 Å². The average Bonchev–Trinajstić information content (AvgIpc) is 0.816. The molecule has 8 aromatic carbocycles. The Kier molecular flexibility index (Phi) is 33.4. The molecule has 676 valence electrons. The Balaban J connectivity index is 0.770. The molecule has 0 saturated heterocycles.